The number of benzene rings is 2. The van der Waals surface area contributed by atoms with Gasteiger partial charge in [0.25, 0.3) is 0 Å². The van der Waals surface area contributed by atoms with E-state index in [0.717, 1.165) is 28.3 Å². The highest BCUT2D eigenvalue weighted by Gasteiger charge is 2.35. The third-order valence-electron chi connectivity index (χ3n) is 4.81. The first-order chi connectivity index (χ1) is 12.4. The van der Waals surface area contributed by atoms with Gasteiger partial charge in [-0.05, 0) is 56.2 Å². The van der Waals surface area contributed by atoms with Gasteiger partial charge in [0.05, 0.1) is 13.0 Å². The van der Waals surface area contributed by atoms with Gasteiger partial charge in [-0.1, -0.05) is 17.7 Å². The van der Waals surface area contributed by atoms with Crippen LogP contribution < -0.4 is 15.0 Å². The van der Waals surface area contributed by atoms with Gasteiger partial charge in [0.15, 0.2) is 0 Å². The third kappa shape index (κ3) is 3.57. The molecule has 0 aromatic heterocycles. The standard InChI is InChI=1S/C21H24N2O3/c1-13-9-14(2)20(15(3)10-13)22-21(25)16-11-19(24)23(12-16)17-5-7-18(26-4)8-6-17/h5-10,16H,11-12H2,1-4H3,(H,22,25)/t16-/m0/s1. The van der Waals surface area contributed by atoms with E-state index in [4.69, 9.17) is 4.74 Å². The maximum atomic E-state index is 12.7. The summed E-state index contributed by atoms with van der Waals surface area (Å²) in [6.45, 7) is 6.40. The summed E-state index contributed by atoms with van der Waals surface area (Å²) < 4.78 is 5.15. The number of amides is 2. The van der Waals surface area contributed by atoms with E-state index in [1.807, 2.05) is 57.2 Å². The Balaban J connectivity index is 1.73. The van der Waals surface area contributed by atoms with Crippen LogP contribution in [0, 0.1) is 26.7 Å². The van der Waals surface area contributed by atoms with E-state index in [1.165, 1.54) is 5.56 Å². The van der Waals surface area contributed by atoms with Gasteiger partial charge in [-0.2, -0.15) is 0 Å². The van der Waals surface area contributed by atoms with Crippen LogP contribution in [-0.4, -0.2) is 25.5 Å². The normalized spacial score (nSPS) is 16.7. The van der Waals surface area contributed by atoms with E-state index in [9.17, 15) is 9.59 Å². The zero-order valence-corrected chi connectivity index (χ0v) is 15.6. The van der Waals surface area contributed by atoms with Crippen LogP contribution >= 0.6 is 0 Å². The van der Waals surface area contributed by atoms with Crippen molar-refractivity contribution in [3.8, 4) is 5.75 Å². The molecule has 0 bridgehead atoms. The first-order valence-electron chi connectivity index (χ1n) is 8.72. The molecule has 5 nitrogen and oxygen atoms in total. The number of ether oxygens (including phenoxy) is 1. The second kappa shape index (κ2) is 7.20. The first kappa shape index (κ1) is 18.0. The molecule has 0 unspecified atom stereocenters. The quantitative estimate of drug-likeness (QED) is 0.914. The van der Waals surface area contributed by atoms with Crippen LogP contribution in [0.15, 0.2) is 36.4 Å². The monoisotopic (exact) mass is 352 g/mol. The summed E-state index contributed by atoms with van der Waals surface area (Å²) in [5.74, 6) is 0.238. The van der Waals surface area contributed by atoms with Crippen LogP contribution in [0.5, 0.6) is 5.75 Å². The molecule has 0 aliphatic carbocycles. The molecule has 2 amide bonds. The minimum atomic E-state index is -0.357. The van der Waals surface area contributed by atoms with Crippen molar-refractivity contribution in [3.63, 3.8) is 0 Å². The predicted octanol–water partition coefficient (Wildman–Crippen LogP) is 3.61. The van der Waals surface area contributed by atoms with Crippen molar-refractivity contribution >= 4 is 23.2 Å². The highest BCUT2D eigenvalue weighted by molar-refractivity contribution is 6.04. The van der Waals surface area contributed by atoms with Crippen molar-refractivity contribution in [2.24, 2.45) is 5.92 Å². The fraction of sp³-hybridized carbons (Fsp3) is 0.333. The summed E-state index contributed by atoms with van der Waals surface area (Å²) in [6.07, 6.45) is 0.224. The maximum absolute atomic E-state index is 12.7. The lowest BCUT2D eigenvalue weighted by atomic mass is 10.0. The van der Waals surface area contributed by atoms with Gasteiger partial charge >= 0.3 is 0 Å². The van der Waals surface area contributed by atoms with E-state index in [-0.39, 0.29) is 24.2 Å². The minimum Gasteiger partial charge on any atom is -0.497 e. The van der Waals surface area contributed by atoms with Gasteiger partial charge in [-0.25, -0.2) is 0 Å². The Morgan fingerprint density at radius 3 is 2.31 bits per heavy atom. The SMILES string of the molecule is COc1ccc(N2C[C@@H](C(=O)Nc3c(C)cc(C)cc3C)CC2=O)cc1. The summed E-state index contributed by atoms with van der Waals surface area (Å²) >= 11 is 0. The van der Waals surface area contributed by atoms with Gasteiger partial charge < -0.3 is 15.0 Å². The maximum Gasteiger partial charge on any atom is 0.229 e. The molecule has 1 fully saturated rings. The van der Waals surface area contributed by atoms with E-state index < -0.39 is 0 Å². The molecule has 1 saturated heterocycles. The summed E-state index contributed by atoms with van der Waals surface area (Å²) in [4.78, 5) is 26.8. The van der Waals surface area contributed by atoms with Gasteiger partial charge in [0, 0.05) is 24.3 Å². The fourth-order valence-corrected chi connectivity index (χ4v) is 3.50. The summed E-state index contributed by atoms with van der Waals surface area (Å²) in [5.41, 5.74) is 4.86. The average Bonchev–Trinajstić information content (AvgIpc) is 3.00. The molecule has 0 saturated carbocycles. The molecule has 2 aromatic rings. The lowest BCUT2D eigenvalue weighted by Crippen LogP contribution is -2.28. The Labute approximate surface area is 154 Å². The fourth-order valence-electron chi connectivity index (χ4n) is 3.50. The minimum absolute atomic E-state index is 0.0346. The van der Waals surface area contributed by atoms with Gasteiger partial charge in [-0.15, -0.1) is 0 Å². The van der Waals surface area contributed by atoms with E-state index in [2.05, 4.69) is 5.32 Å². The Bertz CT molecular complexity index is 820. The molecule has 1 aliphatic heterocycles. The van der Waals surface area contributed by atoms with E-state index in [0.29, 0.717) is 6.54 Å². The van der Waals surface area contributed by atoms with Crippen molar-refractivity contribution in [1.82, 2.24) is 0 Å². The summed E-state index contributed by atoms with van der Waals surface area (Å²) in [7, 11) is 1.60. The highest BCUT2D eigenvalue weighted by atomic mass is 16.5. The molecule has 5 heteroatoms. The van der Waals surface area contributed by atoms with Crippen molar-refractivity contribution in [3.05, 3.63) is 53.1 Å². The zero-order chi connectivity index (χ0) is 18.8. The van der Waals surface area contributed by atoms with Gasteiger partial charge in [0.2, 0.25) is 11.8 Å². The number of carbonyl (C=O) groups is 2. The first-order valence-corrected chi connectivity index (χ1v) is 8.72. The van der Waals surface area contributed by atoms with Crippen LogP contribution in [0.25, 0.3) is 0 Å². The van der Waals surface area contributed by atoms with Crippen molar-refractivity contribution in [2.45, 2.75) is 27.2 Å². The van der Waals surface area contributed by atoms with Crippen LogP contribution in [0.2, 0.25) is 0 Å². The number of rotatable bonds is 4. The molecule has 1 aliphatic rings. The third-order valence-corrected chi connectivity index (χ3v) is 4.81. The Morgan fingerprint density at radius 1 is 1.12 bits per heavy atom. The number of hydrogen-bond acceptors (Lipinski definition) is 3. The smallest absolute Gasteiger partial charge is 0.229 e. The van der Waals surface area contributed by atoms with Crippen molar-refractivity contribution < 1.29 is 14.3 Å². The van der Waals surface area contributed by atoms with Crippen LogP contribution in [0.1, 0.15) is 23.1 Å². The lowest BCUT2D eigenvalue weighted by molar-refractivity contribution is -0.122. The summed E-state index contributed by atoms with van der Waals surface area (Å²) in [5, 5.41) is 3.02. The zero-order valence-electron chi connectivity index (χ0n) is 15.6. The molecule has 0 radical (unpaired) electrons. The molecular formula is C21H24N2O3. The number of nitrogens with one attached hydrogen (secondary N) is 1. The second-order valence-electron chi connectivity index (χ2n) is 6.87. The van der Waals surface area contributed by atoms with Crippen molar-refractivity contribution in [2.75, 3.05) is 23.9 Å². The topological polar surface area (TPSA) is 58.6 Å². The molecular weight excluding hydrogens is 328 g/mol. The molecule has 26 heavy (non-hydrogen) atoms. The molecule has 1 heterocycles. The number of hydrogen-bond donors (Lipinski definition) is 1. The molecule has 3 rings (SSSR count). The lowest BCUT2D eigenvalue weighted by Gasteiger charge is -2.18. The highest BCUT2D eigenvalue weighted by Crippen LogP contribution is 2.29. The Morgan fingerprint density at radius 2 is 1.73 bits per heavy atom. The van der Waals surface area contributed by atoms with Gasteiger partial charge in [0.1, 0.15) is 5.75 Å². The largest absolute Gasteiger partial charge is 0.497 e. The molecule has 1 atom stereocenters. The van der Waals surface area contributed by atoms with Crippen molar-refractivity contribution in [1.29, 1.82) is 0 Å². The number of anilines is 2. The predicted molar refractivity (Wildman–Crippen MR) is 103 cm³/mol. The van der Waals surface area contributed by atoms with Crippen LogP contribution in [-0.2, 0) is 9.59 Å². The number of aryl methyl sites for hydroxylation is 3. The second-order valence-corrected chi connectivity index (χ2v) is 6.87. The molecule has 2 aromatic carbocycles. The molecule has 1 N–H and O–H groups in total. The van der Waals surface area contributed by atoms with Crippen LogP contribution in [0.4, 0.5) is 11.4 Å². The number of nitrogens with zero attached hydrogens (tertiary/aromatic N) is 1. The average molecular weight is 352 g/mol. The van der Waals surface area contributed by atoms with E-state index >= 15 is 0 Å². The summed E-state index contributed by atoms with van der Waals surface area (Å²) in [6, 6.07) is 11.4. The molecule has 136 valence electrons. The molecule has 0 spiro atoms. The van der Waals surface area contributed by atoms with Gasteiger partial charge in [-0.3, -0.25) is 9.59 Å². The Kier molecular flexibility index (Phi) is 4.98. The van der Waals surface area contributed by atoms with E-state index in [1.54, 1.807) is 12.0 Å². The Hall–Kier alpha value is -2.82. The van der Waals surface area contributed by atoms with Crippen LogP contribution in [0.3, 0.4) is 0 Å². The number of carbonyl (C=O) groups excluding carboxylic acids is 2. The number of methoxy groups -OCH3 is 1.